The monoisotopic (exact) mass is 309 g/mol. The number of nitrogens with zero attached hydrogens (tertiary/aromatic N) is 3. The minimum atomic E-state index is -0.475. The summed E-state index contributed by atoms with van der Waals surface area (Å²) in [6, 6.07) is 16.0. The molecule has 0 aliphatic rings. The number of nitro benzene ring substituents is 2. The standard InChI is InChI=1S/C16H11N3O4/c20-18(21)13-6-3-5-12(11-13)17-10-4-9-15(17)14-7-1-2-8-16(14)19(22)23/h1-11H. The zero-order chi connectivity index (χ0) is 16.4. The van der Waals surface area contributed by atoms with Crippen molar-refractivity contribution in [2.75, 3.05) is 0 Å². The third-order valence-corrected chi connectivity index (χ3v) is 3.44. The Hall–Kier alpha value is -3.48. The van der Waals surface area contributed by atoms with Gasteiger partial charge in [0.05, 0.1) is 26.8 Å². The molecule has 0 atom stereocenters. The van der Waals surface area contributed by atoms with Gasteiger partial charge in [-0.25, -0.2) is 0 Å². The Bertz CT molecular complexity index is 902. The van der Waals surface area contributed by atoms with Crippen molar-refractivity contribution in [2.45, 2.75) is 0 Å². The summed E-state index contributed by atoms with van der Waals surface area (Å²) in [5.41, 5.74) is 1.56. The highest BCUT2D eigenvalue weighted by atomic mass is 16.6. The summed E-state index contributed by atoms with van der Waals surface area (Å²) in [6.45, 7) is 0. The molecule has 3 rings (SSSR count). The normalized spacial score (nSPS) is 10.4. The quantitative estimate of drug-likeness (QED) is 0.538. The van der Waals surface area contributed by atoms with E-state index in [-0.39, 0.29) is 11.4 Å². The van der Waals surface area contributed by atoms with Crippen molar-refractivity contribution >= 4 is 11.4 Å². The molecule has 0 spiro atoms. The van der Waals surface area contributed by atoms with Crippen molar-refractivity contribution in [2.24, 2.45) is 0 Å². The minimum absolute atomic E-state index is 0.0159. The van der Waals surface area contributed by atoms with E-state index in [1.54, 1.807) is 53.2 Å². The van der Waals surface area contributed by atoms with Gasteiger partial charge in [0.1, 0.15) is 0 Å². The highest BCUT2D eigenvalue weighted by Crippen LogP contribution is 2.32. The predicted octanol–water partition coefficient (Wildman–Crippen LogP) is 3.96. The lowest BCUT2D eigenvalue weighted by Crippen LogP contribution is -1.99. The molecule has 7 heteroatoms. The Morgan fingerprint density at radius 2 is 1.61 bits per heavy atom. The van der Waals surface area contributed by atoms with Gasteiger partial charge < -0.3 is 4.57 Å². The van der Waals surface area contributed by atoms with Crippen LogP contribution in [0.25, 0.3) is 16.9 Å². The zero-order valence-electron chi connectivity index (χ0n) is 11.8. The van der Waals surface area contributed by atoms with E-state index in [4.69, 9.17) is 0 Å². The fourth-order valence-electron chi connectivity index (χ4n) is 2.43. The second-order valence-corrected chi connectivity index (χ2v) is 4.81. The van der Waals surface area contributed by atoms with Gasteiger partial charge in [-0.3, -0.25) is 20.2 Å². The molecule has 0 saturated carbocycles. The first kappa shape index (κ1) is 14.5. The number of aromatic nitrogens is 1. The van der Waals surface area contributed by atoms with Crippen LogP contribution in [0.15, 0.2) is 66.9 Å². The van der Waals surface area contributed by atoms with Crippen LogP contribution >= 0.6 is 0 Å². The molecular weight excluding hydrogens is 298 g/mol. The Morgan fingerprint density at radius 1 is 0.826 bits per heavy atom. The van der Waals surface area contributed by atoms with Crippen LogP contribution < -0.4 is 0 Å². The first-order valence-corrected chi connectivity index (χ1v) is 6.74. The number of rotatable bonds is 4. The highest BCUT2D eigenvalue weighted by Gasteiger charge is 2.18. The van der Waals surface area contributed by atoms with Gasteiger partial charge in [-0.1, -0.05) is 18.2 Å². The van der Waals surface area contributed by atoms with E-state index in [9.17, 15) is 20.2 Å². The van der Waals surface area contributed by atoms with E-state index in [1.165, 1.54) is 18.2 Å². The molecule has 0 bridgehead atoms. The van der Waals surface area contributed by atoms with Gasteiger partial charge in [-0.05, 0) is 24.3 Å². The lowest BCUT2D eigenvalue weighted by atomic mass is 10.1. The number of para-hydroxylation sites is 1. The van der Waals surface area contributed by atoms with E-state index in [2.05, 4.69) is 0 Å². The summed E-state index contributed by atoms with van der Waals surface area (Å²) < 4.78 is 1.69. The fourth-order valence-corrected chi connectivity index (χ4v) is 2.43. The van der Waals surface area contributed by atoms with Gasteiger partial charge in [0, 0.05) is 24.4 Å². The first-order chi connectivity index (χ1) is 11.1. The molecule has 7 nitrogen and oxygen atoms in total. The maximum absolute atomic E-state index is 11.2. The summed E-state index contributed by atoms with van der Waals surface area (Å²) in [5, 5.41) is 22.1. The van der Waals surface area contributed by atoms with Crippen LogP contribution in [0.5, 0.6) is 0 Å². The summed E-state index contributed by atoms with van der Waals surface area (Å²) in [5.74, 6) is 0. The molecule has 0 unspecified atom stereocenters. The van der Waals surface area contributed by atoms with Crippen molar-refractivity contribution in [1.29, 1.82) is 0 Å². The van der Waals surface area contributed by atoms with Gasteiger partial charge >= 0.3 is 0 Å². The van der Waals surface area contributed by atoms with E-state index in [0.29, 0.717) is 16.9 Å². The molecule has 0 aliphatic heterocycles. The lowest BCUT2D eigenvalue weighted by molar-refractivity contribution is -0.384. The van der Waals surface area contributed by atoms with Gasteiger partial charge in [0.2, 0.25) is 0 Å². The Morgan fingerprint density at radius 3 is 2.35 bits per heavy atom. The van der Waals surface area contributed by atoms with Crippen LogP contribution in [0.4, 0.5) is 11.4 Å². The van der Waals surface area contributed by atoms with E-state index in [0.717, 1.165) is 0 Å². The molecule has 0 fully saturated rings. The average Bonchev–Trinajstić information content (AvgIpc) is 3.04. The number of hydrogen-bond acceptors (Lipinski definition) is 4. The third-order valence-electron chi connectivity index (χ3n) is 3.44. The maximum atomic E-state index is 11.2. The average molecular weight is 309 g/mol. The molecule has 1 aromatic heterocycles. The second kappa shape index (κ2) is 5.72. The molecule has 0 aliphatic carbocycles. The number of nitro groups is 2. The van der Waals surface area contributed by atoms with E-state index < -0.39 is 9.85 Å². The molecule has 0 radical (unpaired) electrons. The van der Waals surface area contributed by atoms with Crippen LogP contribution in [0.1, 0.15) is 0 Å². The van der Waals surface area contributed by atoms with Crippen LogP contribution in [0.3, 0.4) is 0 Å². The maximum Gasteiger partial charge on any atom is 0.278 e. The number of benzene rings is 2. The van der Waals surface area contributed by atoms with Crippen molar-refractivity contribution in [3.63, 3.8) is 0 Å². The van der Waals surface area contributed by atoms with Crippen molar-refractivity contribution in [3.05, 3.63) is 87.1 Å². The molecule has 3 aromatic rings. The fraction of sp³-hybridized carbons (Fsp3) is 0. The Labute approximate surface area is 130 Å². The SMILES string of the molecule is O=[N+]([O-])c1cccc(-n2cccc2-c2ccccc2[N+](=O)[O-])c1. The molecule has 23 heavy (non-hydrogen) atoms. The smallest absolute Gasteiger partial charge is 0.278 e. The lowest BCUT2D eigenvalue weighted by Gasteiger charge is -2.09. The van der Waals surface area contributed by atoms with Gasteiger partial charge in [0.25, 0.3) is 11.4 Å². The first-order valence-electron chi connectivity index (χ1n) is 6.74. The number of hydrogen-bond donors (Lipinski definition) is 0. The summed E-state index contributed by atoms with van der Waals surface area (Å²) >= 11 is 0. The van der Waals surface area contributed by atoms with E-state index >= 15 is 0 Å². The van der Waals surface area contributed by atoms with E-state index in [1.807, 2.05) is 0 Å². The van der Waals surface area contributed by atoms with Crippen molar-refractivity contribution < 1.29 is 9.85 Å². The van der Waals surface area contributed by atoms with Gasteiger partial charge in [-0.15, -0.1) is 0 Å². The summed E-state index contributed by atoms with van der Waals surface area (Å²) in [4.78, 5) is 21.2. The van der Waals surface area contributed by atoms with Crippen LogP contribution in [0.2, 0.25) is 0 Å². The second-order valence-electron chi connectivity index (χ2n) is 4.81. The van der Waals surface area contributed by atoms with Gasteiger partial charge in [0.15, 0.2) is 0 Å². The molecule has 1 heterocycles. The molecular formula is C16H11N3O4. The molecule has 2 aromatic carbocycles. The largest absolute Gasteiger partial charge is 0.316 e. The highest BCUT2D eigenvalue weighted by molar-refractivity contribution is 5.72. The van der Waals surface area contributed by atoms with Crippen molar-refractivity contribution in [1.82, 2.24) is 4.57 Å². The van der Waals surface area contributed by atoms with Gasteiger partial charge in [-0.2, -0.15) is 0 Å². The van der Waals surface area contributed by atoms with Crippen LogP contribution in [-0.4, -0.2) is 14.4 Å². The number of non-ortho nitro benzene ring substituents is 1. The molecule has 0 amide bonds. The minimum Gasteiger partial charge on any atom is -0.316 e. The predicted molar refractivity (Wildman–Crippen MR) is 84.5 cm³/mol. The third kappa shape index (κ3) is 2.67. The topological polar surface area (TPSA) is 91.2 Å². The Kier molecular flexibility index (Phi) is 3.60. The molecule has 0 saturated heterocycles. The van der Waals surface area contributed by atoms with Crippen LogP contribution in [0, 0.1) is 20.2 Å². The Balaban J connectivity index is 2.16. The summed E-state index contributed by atoms with van der Waals surface area (Å²) in [6.07, 6.45) is 1.71. The summed E-state index contributed by atoms with van der Waals surface area (Å²) in [7, 11) is 0. The molecule has 114 valence electrons. The van der Waals surface area contributed by atoms with Crippen molar-refractivity contribution in [3.8, 4) is 16.9 Å². The zero-order valence-corrected chi connectivity index (χ0v) is 11.8. The van der Waals surface area contributed by atoms with Crippen LogP contribution in [-0.2, 0) is 0 Å². The molecule has 0 N–H and O–H groups in total.